The van der Waals surface area contributed by atoms with Gasteiger partial charge >= 0.3 is 0 Å². The third-order valence-corrected chi connectivity index (χ3v) is 5.35. The van der Waals surface area contributed by atoms with Crippen molar-refractivity contribution in [3.63, 3.8) is 0 Å². The van der Waals surface area contributed by atoms with E-state index in [-0.39, 0.29) is 0 Å². The molecule has 21 heavy (non-hydrogen) atoms. The summed E-state index contributed by atoms with van der Waals surface area (Å²) in [4.78, 5) is 0.311. The van der Waals surface area contributed by atoms with Crippen LogP contribution in [0.4, 0.5) is 5.69 Å². The Bertz CT molecular complexity index is 717. The topological polar surface area (TPSA) is 58.2 Å². The summed E-state index contributed by atoms with van der Waals surface area (Å²) in [6, 6.07) is 14.3. The molecular weight excluding hydrogens is 399 g/mol. The first kappa shape index (κ1) is 16.3. The standard InChI is InChI=1S/C15H17IN2O2S/c1-2-17-11-12-7-3-6-10-15(12)21(19,20)18-14-9-5-4-8-13(14)16/h3-10,17-18H,2,11H2,1H3. The van der Waals surface area contributed by atoms with Crippen LogP contribution in [0.1, 0.15) is 12.5 Å². The second kappa shape index (κ2) is 7.24. The fraction of sp³-hybridized carbons (Fsp3) is 0.200. The van der Waals surface area contributed by atoms with Gasteiger partial charge in [0.2, 0.25) is 0 Å². The van der Waals surface area contributed by atoms with Gasteiger partial charge in [-0.3, -0.25) is 4.72 Å². The zero-order valence-corrected chi connectivity index (χ0v) is 14.6. The number of benzene rings is 2. The molecule has 0 aromatic heterocycles. The zero-order valence-electron chi connectivity index (χ0n) is 11.6. The maximum absolute atomic E-state index is 12.6. The average Bonchev–Trinajstić information content (AvgIpc) is 2.47. The van der Waals surface area contributed by atoms with Crippen LogP contribution in [0, 0.1) is 3.57 Å². The van der Waals surface area contributed by atoms with Crippen LogP contribution in [0.5, 0.6) is 0 Å². The van der Waals surface area contributed by atoms with Gasteiger partial charge in [-0.05, 0) is 52.9 Å². The van der Waals surface area contributed by atoms with E-state index < -0.39 is 10.0 Å². The molecule has 0 spiro atoms. The molecule has 6 heteroatoms. The summed E-state index contributed by atoms with van der Waals surface area (Å²) in [6.07, 6.45) is 0. The van der Waals surface area contributed by atoms with Crippen molar-refractivity contribution in [1.29, 1.82) is 0 Å². The number of nitrogens with one attached hydrogen (secondary N) is 2. The van der Waals surface area contributed by atoms with E-state index in [4.69, 9.17) is 0 Å². The molecule has 112 valence electrons. The number of rotatable bonds is 6. The lowest BCUT2D eigenvalue weighted by atomic mass is 10.2. The third-order valence-electron chi connectivity index (χ3n) is 2.95. The van der Waals surface area contributed by atoms with Crippen molar-refractivity contribution in [3.05, 3.63) is 57.7 Å². The lowest BCUT2D eigenvalue weighted by molar-refractivity contribution is 0.598. The van der Waals surface area contributed by atoms with E-state index in [0.29, 0.717) is 17.1 Å². The van der Waals surface area contributed by atoms with Crippen LogP contribution in [-0.4, -0.2) is 15.0 Å². The first-order valence-electron chi connectivity index (χ1n) is 6.60. The average molecular weight is 416 g/mol. The molecule has 0 saturated carbocycles. The molecule has 0 fully saturated rings. The summed E-state index contributed by atoms with van der Waals surface area (Å²) in [5.74, 6) is 0. The minimum absolute atomic E-state index is 0.311. The van der Waals surface area contributed by atoms with Gasteiger partial charge in [0, 0.05) is 10.1 Å². The molecule has 0 bridgehead atoms. The van der Waals surface area contributed by atoms with Crippen molar-refractivity contribution in [2.24, 2.45) is 0 Å². The lowest BCUT2D eigenvalue weighted by Gasteiger charge is -2.13. The second-order valence-electron chi connectivity index (χ2n) is 4.47. The third kappa shape index (κ3) is 4.18. The molecule has 0 amide bonds. The summed E-state index contributed by atoms with van der Waals surface area (Å²) >= 11 is 2.11. The number of hydrogen-bond donors (Lipinski definition) is 2. The Balaban J connectivity index is 2.34. The molecule has 0 heterocycles. The van der Waals surface area contributed by atoms with E-state index in [1.165, 1.54) is 0 Å². The number of sulfonamides is 1. The Hall–Kier alpha value is -1.12. The predicted octanol–water partition coefficient (Wildman–Crippen LogP) is 3.20. The van der Waals surface area contributed by atoms with Crippen LogP contribution in [0.25, 0.3) is 0 Å². The van der Waals surface area contributed by atoms with Gasteiger partial charge in [-0.2, -0.15) is 0 Å². The Kier molecular flexibility index (Phi) is 5.60. The van der Waals surface area contributed by atoms with E-state index in [9.17, 15) is 8.42 Å². The lowest BCUT2D eigenvalue weighted by Crippen LogP contribution is -2.19. The summed E-state index contributed by atoms with van der Waals surface area (Å²) in [6.45, 7) is 3.31. The van der Waals surface area contributed by atoms with Crippen LogP contribution in [-0.2, 0) is 16.6 Å². The fourth-order valence-corrected chi connectivity index (χ4v) is 3.94. The van der Waals surface area contributed by atoms with E-state index in [2.05, 4.69) is 32.6 Å². The van der Waals surface area contributed by atoms with E-state index in [1.54, 1.807) is 18.2 Å². The number of para-hydroxylation sites is 1. The Labute approximate surface area is 139 Å². The van der Waals surface area contributed by atoms with Crippen molar-refractivity contribution in [3.8, 4) is 0 Å². The smallest absolute Gasteiger partial charge is 0.262 e. The van der Waals surface area contributed by atoms with Gasteiger partial charge in [-0.15, -0.1) is 0 Å². The first-order chi connectivity index (χ1) is 10.0. The molecule has 0 unspecified atom stereocenters. The van der Waals surface area contributed by atoms with Crippen LogP contribution in [0.2, 0.25) is 0 Å². The van der Waals surface area contributed by atoms with Gasteiger partial charge in [-0.25, -0.2) is 8.42 Å². The molecule has 0 aliphatic carbocycles. The van der Waals surface area contributed by atoms with E-state index in [0.717, 1.165) is 15.7 Å². The van der Waals surface area contributed by atoms with E-state index in [1.807, 2.05) is 37.3 Å². The van der Waals surface area contributed by atoms with Gasteiger partial charge < -0.3 is 5.32 Å². The maximum atomic E-state index is 12.6. The maximum Gasteiger partial charge on any atom is 0.262 e. The van der Waals surface area contributed by atoms with Gasteiger partial charge in [0.1, 0.15) is 0 Å². The number of halogens is 1. The summed E-state index contributed by atoms with van der Waals surface area (Å²) in [5, 5.41) is 3.16. The predicted molar refractivity (Wildman–Crippen MR) is 93.8 cm³/mol. The summed E-state index contributed by atoms with van der Waals surface area (Å²) in [7, 11) is -3.59. The molecule has 0 saturated heterocycles. The van der Waals surface area contributed by atoms with Crippen LogP contribution in [0.15, 0.2) is 53.4 Å². The monoisotopic (exact) mass is 416 g/mol. The molecule has 0 radical (unpaired) electrons. The van der Waals surface area contributed by atoms with Crippen LogP contribution < -0.4 is 10.0 Å². The van der Waals surface area contributed by atoms with Gasteiger partial charge in [0.15, 0.2) is 0 Å². The van der Waals surface area contributed by atoms with Gasteiger partial charge in [0.25, 0.3) is 10.0 Å². The van der Waals surface area contributed by atoms with Crippen molar-refractivity contribution < 1.29 is 8.42 Å². The van der Waals surface area contributed by atoms with Crippen molar-refractivity contribution in [1.82, 2.24) is 5.32 Å². The van der Waals surface area contributed by atoms with E-state index >= 15 is 0 Å². The molecule has 2 rings (SSSR count). The first-order valence-corrected chi connectivity index (χ1v) is 9.16. The normalized spacial score (nSPS) is 11.3. The highest BCUT2D eigenvalue weighted by atomic mass is 127. The van der Waals surface area contributed by atoms with Crippen LogP contribution >= 0.6 is 22.6 Å². The minimum Gasteiger partial charge on any atom is -0.313 e. The Morgan fingerprint density at radius 2 is 1.71 bits per heavy atom. The summed E-state index contributed by atoms with van der Waals surface area (Å²) < 4.78 is 28.7. The molecule has 2 aromatic rings. The number of anilines is 1. The Morgan fingerprint density at radius 1 is 1.05 bits per heavy atom. The molecular formula is C15H17IN2O2S. The highest BCUT2D eigenvalue weighted by Gasteiger charge is 2.18. The SMILES string of the molecule is CCNCc1ccccc1S(=O)(=O)Nc1ccccc1I. The van der Waals surface area contributed by atoms with Crippen molar-refractivity contribution in [2.75, 3.05) is 11.3 Å². The molecule has 0 atom stereocenters. The summed E-state index contributed by atoms with van der Waals surface area (Å²) in [5.41, 5.74) is 1.36. The van der Waals surface area contributed by atoms with Crippen molar-refractivity contribution in [2.45, 2.75) is 18.4 Å². The van der Waals surface area contributed by atoms with Crippen molar-refractivity contribution >= 4 is 38.3 Å². The quantitative estimate of drug-likeness (QED) is 0.712. The van der Waals surface area contributed by atoms with Crippen LogP contribution in [0.3, 0.4) is 0 Å². The fourth-order valence-electron chi connectivity index (χ4n) is 1.92. The highest BCUT2D eigenvalue weighted by molar-refractivity contribution is 14.1. The largest absolute Gasteiger partial charge is 0.313 e. The minimum atomic E-state index is -3.59. The molecule has 2 N–H and O–H groups in total. The van der Waals surface area contributed by atoms with Gasteiger partial charge in [0.05, 0.1) is 10.6 Å². The zero-order chi connectivity index (χ0) is 15.3. The number of hydrogen-bond acceptors (Lipinski definition) is 3. The Morgan fingerprint density at radius 3 is 2.43 bits per heavy atom. The second-order valence-corrected chi connectivity index (χ2v) is 7.29. The molecule has 0 aliphatic rings. The molecule has 0 aliphatic heterocycles. The molecule has 4 nitrogen and oxygen atoms in total. The van der Waals surface area contributed by atoms with Gasteiger partial charge in [-0.1, -0.05) is 37.3 Å². The highest BCUT2D eigenvalue weighted by Crippen LogP contribution is 2.23. The molecule has 2 aromatic carbocycles.